The van der Waals surface area contributed by atoms with Crippen LogP contribution in [0.25, 0.3) is 5.65 Å². The van der Waals surface area contributed by atoms with Gasteiger partial charge >= 0.3 is 0 Å². The molecule has 28 heavy (non-hydrogen) atoms. The number of nitriles is 1. The molecule has 7 nitrogen and oxygen atoms in total. The van der Waals surface area contributed by atoms with Gasteiger partial charge < -0.3 is 5.32 Å². The fraction of sp³-hybridized carbons (Fsp3) is 0.333. The van der Waals surface area contributed by atoms with Gasteiger partial charge in [0.15, 0.2) is 5.65 Å². The summed E-state index contributed by atoms with van der Waals surface area (Å²) in [6.07, 6.45) is 3.87. The van der Waals surface area contributed by atoms with Crippen molar-refractivity contribution in [2.45, 2.75) is 31.7 Å². The quantitative estimate of drug-likeness (QED) is 0.759. The highest BCUT2D eigenvalue weighted by Gasteiger charge is 2.29. The monoisotopic (exact) mass is 374 g/mol. The zero-order valence-electron chi connectivity index (χ0n) is 15.7. The van der Waals surface area contributed by atoms with Crippen LogP contribution in [-0.4, -0.2) is 44.5 Å². The SMILES string of the molecule is C[C@@H](C(=O)Nc1ccccc1C#N)N1CCC(c2nnc3ccccn23)CC1. The van der Waals surface area contributed by atoms with Crippen LogP contribution in [0.3, 0.4) is 0 Å². The Hall–Kier alpha value is -3.24. The molecular weight excluding hydrogens is 352 g/mol. The second-order valence-electron chi connectivity index (χ2n) is 7.12. The van der Waals surface area contributed by atoms with Crippen LogP contribution in [0, 0.1) is 11.3 Å². The highest BCUT2D eigenvalue weighted by atomic mass is 16.2. The fourth-order valence-electron chi connectivity index (χ4n) is 3.78. The predicted molar refractivity (Wildman–Crippen MR) is 106 cm³/mol. The van der Waals surface area contributed by atoms with E-state index in [0.29, 0.717) is 17.2 Å². The summed E-state index contributed by atoms with van der Waals surface area (Å²) in [6.45, 7) is 3.55. The maximum absolute atomic E-state index is 12.7. The van der Waals surface area contributed by atoms with Crippen LogP contribution in [0.1, 0.15) is 37.1 Å². The lowest BCUT2D eigenvalue weighted by atomic mass is 9.95. The molecule has 1 atom stereocenters. The molecule has 1 amide bonds. The molecule has 1 saturated heterocycles. The van der Waals surface area contributed by atoms with Gasteiger partial charge in [0.2, 0.25) is 5.91 Å². The van der Waals surface area contributed by atoms with Crippen molar-refractivity contribution < 1.29 is 4.79 Å². The number of nitrogens with zero attached hydrogens (tertiary/aromatic N) is 5. The Morgan fingerprint density at radius 3 is 2.71 bits per heavy atom. The average molecular weight is 374 g/mol. The maximum Gasteiger partial charge on any atom is 0.241 e. The Kier molecular flexibility index (Phi) is 5.04. The number of para-hydroxylation sites is 1. The molecule has 1 N–H and O–H groups in total. The van der Waals surface area contributed by atoms with E-state index in [2.05, 4.69) is 30.9 Å². The number of pyridine rings is 1. The van der Waals surface area contributed by atoms with Crippen LogP contribution < -0.4 is 5.32 Å². The number of fused-ring (bicyclic) bond motifs is 1. The lowest BCUT2D eigenvalue weighted by molar-refractivity contribution is -0.121. The lowest BCUT2D eigenvalue weighted by Gasteiger charge is -2.34. The molecule has 142 valence electrons. The van der Waals surface area contributed by atoms with E-state index in [4.69, 9.17) is 0 Å². The summed E-state index contributed by atoms with van der Waals surface area (Å²) in [5, 5.41) is 20.7. The van der Waals surface area contributed by atoms with Crippen molar-refractivity contribution in [3.05, 3.63) is 60.0 Å². The summed E-state index contributed by atoms with van der Waals surface area (Å²) in [6, 6.07) is 14.8. The number of rotatable bonds is 4. The third kappa shape index (κ3) is 3.47. The summed E-state index contributed by atoms with van der Waals surface area (Å²) in [4.78, 5) is 14.9. The molecule has 0 bridgehead atoms. The number of hydrogen-bond acceptors (Lipinski definition) is 5. The summed E-state index contributed by atoms with van der Waals surface area (Å²) < 4.78 is 2.05. The molecular formula is C21H22N6O. The molecule has 7 heteroatoms. The minimum absolute atomic E-state index is 0.0888. The third-order valence-corrected chi connectivity index (χ3v) is 5.47. The molecule has 0 spiro atoms. The first kappa shape index (κ1) is 18.1. The smallest absolute Gasteiger partial charge is 0.241 e. The molecule has 3 aromatic rings. The van der Waals surface area contributed by atoms with E-state index in [-0.39, 0.29) is 11.9 Å². The first-order valence-corrected chi connectivity index (χ1v) is 9.51. The Labute approximate surface area is 163 Å². The number of piperidine rings is 1. The molecule has 0 aliphatic carbocycles. The Balaban J connectivity index is 1.39. The summed E-state index contributed by atoms with van der Waals surface area (Å²) in [7, 11) is 0. The van der Waals surface area contributed by atoms with Crippen molar-refractivity contribution in [2.75, 3.05) is 18.4 Å². The number of hydrogen-bond donors (Lipinski definition) is 1. The van der Waals surface area contributed by atoms with Crippen molar-refractivity contribution in [3.63, 3.8) is 0 Å². The van der Waals surface area contributed by atoms with E-state index in [0.717, 1.165) is 37.4 Å². The highest BCUT2D eigenvalue weighted by Crippen LogP contribution is 2.28. The number of anilines is 1. The first-order valence-electron chi connectivity index (χ1n) is 9.51. The lowest BCUT2D eigenvalue weighted by Crippen LogP contribution is -2.46. The standard InChI is InChI=1S/C21H22N6O/c1-15(21(28)23-18-7-3-2-6-17(18)14-22)26-12-9-16(10-13-26)20-25-24-19-8-4-5-11-27(19)20/h2-8,11,15-16H,9-10,12-13H2,1H3,(H,23,28)/t15-/m0/s1. The van der Waals surface area contributed by atoms with E-state index in [9.17, 15) is 10.1 Å². The van der Waals surface area contributed by atoms with Crippen LogP contribution in [0.2, 0.25) is 0 Å². The van der Waals surface area contributed by atoms with E-state index < -0.39 is 0 Å². The zero-order valence-corrected chi connectivity index (χ0v) is 15.7. The van der Waals surface area contributed by atoms with E-state index >= 15 is 0 Å². The third-order valence-electron chi connectivity index (χ3n) is 5.47. The second kappa shape index (κ2) is 7.79. The van der Waals surface area contributed by atoms with Crippen LogP contribution in [0.4, 0.5) is 5.69 Å². The summed E-state index contributed by atoms with van der Waals surface area (Å²) >= 11 is 0. The normalized spacial score (nSPS) is 16.6. The number of likely N-dealkylation sites (tertiary alicyclic amines) is 1. The Morgan fingerprint density at radius 2 is 1.93 bits per heavy atom. The van der Waals surface area contributed by atoms with E-state index in [1.807, 2.05) is 37.4 Å². The number of carbonyl (C=O) groups excluding carboxylic acids is 1. The number of benzene rings is 1. The van der Waals surface area contributed by atoms with Gasteiger partial charge in [-0.25, -0.2) is 0 Å². The van der Waals surface area contributed by atoms with Gasteiger partial charge in [-0.3, -0.25) is 14.1 Å². The molecule has 1 aliphatic heterocycles. The first-order chi connectivity index (χ1) is 13.7. The van der Waals surface area contributed by atoms with E-state index in [1.54, 1.807) is 18.2 Å². The molecule has 4 rings (SSSR count). The molecule has 0 saturated carbocycles. The second-order valence-corrected chi connectivity index (χ2v) is 7.12. The number of carbonyl (C=O) groups is 1. The van der Waals surface area contributed by atoms with Crippen LogP contribution in [0.5, 0.6) is 0 Å². The van der Waals surface area contributed by atoms with Gasteiger partial charge in [-0.05, 0) is 57.1 Å². The van der Waals surface area contributed by atoms with Crippen molar-refractivity contribution in [3.8, 4) is 6.07 Å². The minimum Gasteiger partial charge on any atom is -0.324 e. The molecule has 1 aromatic carbocycles. The van der Waals surface area contributed by atoms with Crippen molar-refractivity contribution in [1.82, 2.24) is 19.5 Å². The summed E-state index contributed by atoms with van der Waals surface area (Å²) in [5.74, 6) is 1.24. The van der Waals surface area contributed by atoms with Gasteiger partial charge in [-0.1, -0.05) is 18.2 Å². The zero-order chi connectivity index (χ0) is 19.5. The molecule has 2 aromatic heterocycles. The van der Waals surface area contributed by atoms with E-state index in [1.165, 1.54) is 0 Å². The largest absolute Gasteiger partial charge is 0.324 e. The molecule has 0 unspecified atom stereocenters. The van der Waals surface area contributed by atoms with Gasteiger partial charge in [0, 0.05) is 12.1 Å². The van der Waals surface area contributed by atoms with Gasteiger partial charge in [0.25, 0.3) is 0 Å². The van der Waals surface area contributed by atoms with Crippen LogP contribution in [-0.2, 0) is 4.79 Å². The average Bonchev–Trinajstić information content (AvgIpc) is 3.18. The molecule has 0 radical (unpaired) electrons. The molecule has 1 fully saturated rings. The number of aromatic nitrogens is 3. The van der Waals surface area contributed by atoms with Crippen molar-refractivity contribution in [1.29, 1.82) is 5.26 Å². The number of nitrogens with one attached hydrogen (secondary N) is 1. The maximum atomic E-state index is 12.7. The Morgan fingerprint density at radius 1 is 1.18 bits per heavy atom. The molecule has 1 aliphatic rings. The fourth-order valence-corrected chi connectivity index (χ4v) is 3.78. The minimum atomic E-state index is -0.261. The van der Waals surface area contributed by atoms with Crippen LogP contribution in [0.15, 0.2) is 48.7 Å². The van der Waals surface area contributed by atoms with Gasteiger partial charge in [-0.2, -0.15) is 5.26 Å². The Bertz CT molecular complexity index is 1030. The summed E-state index contributed by atoms with van der Waals surface area (Å²) in [5.41, 5.74) is 1.90. The van der Waals surface area contributed by atoms with Gasteiger partial charge in [-0.15, -0.1) is 10.2 Å². The van der Waals surface area contributed by atoms with Gasteiger partial charge in [0.1, 0.15) is 11.9 Å². The van der Waals surface area contributed by atoms with Crippen molar-refractivity contribution >= 4 is 17.2 Å². The van der Waals surface area contributed by atoms with Crippen LogP contribution >= 0.6 is 0 Å². The van der Waals surface area contributed by atoms with Crippen molar-refractivity contribution in [2.24, 2.45) is 0 Å². The van der Waals surface area contributed by atoms with Gasteiger partial charge in [0.05, 0.1) is 17.3 Å². The predicted octanol–water partition coefficient (Wildman–Crippen LogP) is 2.81. The number of amides is 1. The topological polar surface area (TPSA) is 86.3 Å². The highest BCUT2D eigenvalue weighted by molar-refractivity contribution is 5.95. The molecule has 3 heterocycles.